The van der Waals surface area contributed by atoms with Crippen molar-refractivity contribution in [3.8, 4) is 0 Å². The minimum Gasteiger partial charge on any atom is -0.356 e. The molecular weight excluding hydrogens is 330 g/mol. The van der Waals surface area contributed by atoms with Gasteiger partial charge in [-0.25, -0.2) is 0 Å². The monoisotopic (exact) mass is 351 g/mol. The van der Waals surface area contributed by atoms with Gasteiger partial charge in [-0.1, -0.05) is 29.8 Å². The lowest BCUT2D eigenvalue weighted by Crippen LogP contribution is -2.53. The molecule has 7 heteroatoms. The van der Waals surface area contributed by atoms with E-state index in [9.17, 15) is 9.59 Å². The largest absolute Gasteiger partial charge is 0.356 e. The van der Waals surface area contributed by atoms with Crippen LogP contribution in [0.25, 0.3) is 0 Å². The Balaban J connectivity index is 1.68. The highest BCUT2D eigenvalue weighted by Crippen LogP contribution is 2.28. The molecule has 24 heavy (non-hydrogen) atoms. The molecule has 0 saturated carbocycles. The molecule has 2 heterocycles. The molecular formula is C17H22ClN3O3. The van der Waals surface area contributed by atoms with Crippen molar-refractivity contribution in [3.63, 3.8) is 0 Å². The number of carbonyl (C=O) groups is 2. The fraction of sp³-hybridized carbons (Fsp3) is 0.529. The van der Waals surface area contributed by atoms with Gasteiger partial charge in [-0.05, 0) is 43.5 Å². The molecule has 1 aromatic rings. The molecule has 0 bridgehead atoms. The summed E-state index contributed by atoms with van der Waals surface area (Å²) in [6.07, 6.45) is 1.33. The number of piperidine rings is 1. The molecule has 2 atom stereocenters. The van der Waals surface area contributed by atoms with Gasteiger partial charge < -0.3 is 20.7 Å². The molecule has 3 rings (SSSR count). The average molecular weight is 352 g/mol. The molecule has 6 nitrogen and oxygen atoms in total. The predicted octanol–water partition coefficient (Wildman–Crippen LogP) is 1.01. The Kier molecular flexibility index (Phi) is 5.71. The van der Waals surface area contributed by atoms with E-state index in [0.29, 0.717) is 23.0 Å². The van der Waals surface area contributed by atoms with Crippen LogP contribution in [0.2, 0.25) is 5.02 Å². The van der Waals surface area contributed by atoms with Crippen LogP contribution in [0.1, 0.15) is 24.4 Å². The number of halogens is 1. The van der Waals surface area contributed by atoms with Crippen LogP contribution in [0, 0.1) is 5.92 Å². The highest BCUT2D eigenvalue weighted by Gasteiger charge is 2.37. The van der Waals surface area contributed by atoms with Crippen molar-refractivity contribution in [2.75, 3.05) is 26.2 Å². The maximum atomic E-state index is 12.6. The Labute approximate surface area is 146 Å². The van der Waals surface area contributed by atoms with E-state index in [1.165, 1.54) is 0 Å². The second-order valence-corrected chi connectivity index (χ2v) is 6.64. The maximum absolute atomic E-state index is 12.6. The minimum absolute atomic E-state index is 0.119. The van der Waals surface area contributed by atoms with Crippen LogP contribution < -0.4 is 16.0 Å². The lowest BCUT2D eigenvalue weighted by Gasteiger charge is -2.32. The minimum atomic E-state index is -0.774. The van der Waals surface area contributed by atoms with Gasteiger partial charge in [0.1, 0.15) is 6.61 Å². The molecule has 0 aliphatic carbocycles. The van der Waals surface area contributed by atoms with E-state index >= 15 is 0 Å². The SMILES string of the molecule is O=C1CO[C@H](C(=O)NCC2CCNCC2)[C@@H](c2ccccc2Cl)N1. The molecule has 130 valence electrons. The van der Waals surface area contributed by atoms with Crippen LogP contribution in [-0.4, -0.2) is 44.2 Å². The second kappa shape index (κ2) is 7.96. The van der Waals surface area contributed by atoms with Crippen molar-refractivity contribution in [2.45, 2.75) is 25.0 Å². The number of benzene rings is 1. The van der Waals surface area contributed by atoms with E-state index in [0.717, 1.165) is 25.9 Å². The number of hydrogen-bond acceptors (Lipinski definition) is 4. The van der Waals surface area contributed by atoms with E-state index in [1.807, 2.05) is 12.1 Å². The first-order valence-corrected chi connectivity index (χ1v) is 8.67. The van der Waals surface area contributed by atoms with Gasteiger partial charge in [0.25, 0.3) is 5.91 Å². The quantitative estimate of drug-likeness (QED) is 0.756. The normalized spacial score (nSPS) is 25.1. The number of rotatable bonds is 4. The number of nitrogens with one attached hydrogen (secondary N) is 3. The van der Waals surface area contributed by atoms with E-state index in [-0.39, 0.29) is 18.4 Å². The zero-order valence-corrected chi connectivity index (χ0v) is 14.1. The van der Waals surface area contributed by atoms with Crippen LogP contribution >= 0.6 is 11.6 Å². The van der Waals surface area contributed by atoms with Gasteiger partial charge in [0.2, 0.25) is 5.91 Å². The zero-order valence-electron chi connectivity index (χ0n) is 13.4. The fourth-order valence-electron chi connectivity index (χ4n) is 3.18. The van der Waals surface area contributed by atoms with Crippen molar-refractivity contribution in [2.24, 2.45) is 5.92 Å². The predicted molar refractivity (Wildman–Crippen MR) is 90.7 cm³/mol. The molecule has 0 aromatic heterocycles. The molecule has 0 unspecified atom stereocenters. The van der Waals surface area contributed by atoms with Crippen LogP contribution in [0.15, 0.2) is 24.3 Å². The summed E-state index contributed by atoms with van der Waals surface area (Å²) < 4.78 is 5.52. The molecule has 2 aliphatic heterocycles. The molecule has 2 fully saturated rings. The molecule has 0 spiro atoms. The van der Waals surface area contributed by atoms with Crippen molar-refractivity contribution in [1.29, 1.82) is 0 Å². The van der Waals surface area contributed by atoms with Crippen LogP contribution in [0.4, 0.5) is 0 Å². The summed E-state index contributed by atoms with van der Waals surface area (Å²) in [5, 5.41) is 9.60. The third kappa shape index (κ3) is 4.06. The van der Waals surface area contributed by atoms with Gasteiger partial charge in [-0.2, -0.15) is 0 Å². The summed E-state index contributed by atoms with van der Waals surface area (Å²) in [5.41, 5.74) is 0.689. The van der Waals surface area contributed by atoms with Gasteiger partial charge in [0, 0.05) is 11.6 Å². The molecule has 2 saturated heterocycles. The topological polar surface area (TPSA) is 79.5 Å². The Morgan fingerprint density at radius 1 is 1.29 bits per heavy atom. The molecule has 0 radical (unpaired) electrons. The lowest BCUT2D eigenvalue weighted by atomic mass is 9.96. The Morgan fingerprint density at radius 3 is 2.79 bits per heavy atom. The summed E-state index contributed by atoms with van der Waals surface area (Å²) >= 11 is 6.23. The van der Waals surface area contributed by atoms with Gasteiger partial charge >= 0.3 is 0 Å². The highest BCUT2D eigenvalue weighted by atomic mass is 35.5. The summed E-state index contributed by atoms with van der Waals surface area (Å²) in [4.78, 5) is 24.3. The number of carbonyl (C=O) groups excluding carboxylic acids is 2. The van der Waals surface area contributed by atoms with Crippen molar-refractivity contribution >= 4 is 23.4 Å². The lowest BCUT2D eigenvalue weighted by molar-refractivity contribution is -0.148. The van der Waals surface area contributed by atoms with E-state index in [1.54, 1.807) is 12.1 Å². The summed E-state index contributed by atoms with van der Waals surface area (Å²) in [7, 11) is 0. The number of amides is 2. The van der Waals surface area contributed by atoms with Gasteiger partial charge in [-0.3, -0.25) is 9.59 Å². The van der Waals surface area contributed by atoms with Crippen molar-refractivity contribution < 1.29 is 14.3 Å². The molecule has 2 aliphatic rings. The van der Waals surface area contributed by atoms with Gasteiger partial charge in [0.05, 0.1) is 6.04 Å². The first kappa shape index (κ1) is 17.2. The molecule has 2 amide bonds. The first-order valence-electron chi connectivity index (χ1n) is 8.29. The van der Waals surface area contributed by atoms with Crippen LogP contribution in [-0.2, 0) is 14.3 Å². The van der Waals surface area contributed by atoms with Crippen molar-refractivity contribution in [1.82, 2.24) is 16.0 Å². The van der Waals surface area contributed by atoms with Crippen LogP contribution in [0.5, 0.6) is 0 Å². The number of ether oxygens (including phenoxy) is 1. The summed E-state index contributed by atoms with van der Waals surface area (Å²) in [6, 6.07) is 6.60. The third-order valence-electron chi connectivity index (χ3n) is 4.54. The van der Waals surface area contributed by atoms with Crippen LogP contribution in [0.3, 0.4) is 0 Å². The highest BCUT2D eigenvalue weighted by molar-refractivity contribution is 6.31. The maximum Gasteiger partial charge on any atom is 0.251 e. The van der Waals surface area contributed by atoms with E-state index in [2.05, 4.69) is 16.0 Å². The van der Waals surface area contributed by atoms with Gasteiger partial charge in [0.15, 0.2) is 6.10 Å². The second-order valence-electron chi connectivity index (χ2n) is 6.24. The molecule has 1 aromatic carbocycles. The zero-order chi connectivity index (χ0) is 16.9. The summed E-state index contributed by atoms with van der Waals surface area (Å²) in [6.45, 7) is 2.48. The Bertz CT molecular complexity index is 604. The van der Waals surface area contributed by atoms with Crippen molar-refractivity contribution in [3.05, 3.63) is 34.9 Å². The Morgan fingerprint density at radius 2 is 2.04 bits per heavy atom. The average Bonchev–Trinajstić information content (AvgIpc) is 2.61. The number of hydrogen-bond donors (Lipinski definition) is 3. The summed E-state index contributed by atoms with van der Waals surface area (Å²) in [5.74, 6) is 0.0212. The smallest absolute Gasteiger partial charge is 0.251 e. The first-order chi connectivity index (χ1) is 11.6. The van der Waals surface area contributed by atoms with E-state index < -0.39 is 12.1 Å². The van der Waals surface area contributed by atoms with E-state index in [4.69, 9.17) is 16.3 Å². The number of morpholine rings is 1. The fourth-order valence-corrected chi connectivity index (χ4v) is 3.43. The Hall–Kier alpha value is -1.63. The molecule has 3 N–H and O–H groups in total. The standard InChI is InChI=1S/C17H22ClN3O3/c18-13-4-2-1-3-12(13)15-16(24-10-14(22)21-15)17(23)20-9-11-5-7-19-8-6-11/h1-4,11,15-16,19H,5-10H2,(H,20,23)(H,21,22)/t15-,16+/m1/s1. The third-order valence-corrected chi connectivity index (χ3v) is 4.88. The van der Waals surface area contributed by atoms with Gasteiger partial charge in [-0.15, -0.1) is 0 Å².